The summed E-state index contributed by atoms with van der Waals surface area (Å²) in [7, 11) is -1.37. The van der Waals surface area contributed by atoms with E-state index in [1.54, 1.807) is 6.07 Å². The van der Waals surface area contributed by atoms with Crippen LogP contribution in [0.4, 0.5) is 0 Å². The minimum atomic E-state index is -1.37. The topological polar surface area (TPSA) is 43.7 Å². The fourth-order valence-corrected chi connectivity index (χ4v) is 2.95. The second kappa shape index (κ2) is 6.55. The van der Waals surface area contributed by atoms with Gasteiger partial charge in [0.05, 0.1) is 0 Å². The maximum absolute atomic E-state index is 9.39. The van der Waals surface area contributed by atoms with Gasteiger partial charge in [-0.25, -0.2) is 0 Å². The van der Waals surface area contributed by atoms with Gasteiger partial charge < -0.3 is 10.0 Å². The molecule has 0 aromatic heterocycles. The molecule has 0 radical (unpaired) electrons. The van der Waals surface area contributed by atoms with Crippen molar-refractivity contribution < 1.29 is 10.0 Å². The summed E-state index contributed by atoms with van der Waals surface area (Å²) in [5, 5.41) is 18.8. The van der Waals surface area contributed by atoms with E-state index in [2.05, 4.69) is 18.7 Å². The minimum Gasteiger partial charge on any atom is -0.423 e. The number of likely N-dealkylation sites (tertiary alicyclic amines) is 1. The quantitative estimate of drug-likeness (QED) is 0.801. The van der Waals surface area contributed by atoms with Crippen molar-refractivity contribution in [2.75, 3.05) is 13.1 Å². The lowest BCUT2D eigenvalue weighted by Gasteiger charge is -2.34. The van der Waals surface area contributed by atoms with Crippen molar-refractivity contribution >= 4 is 12.6 Å². The first-order valence-electron chi connectivity index (χ1n) is 7.24. The predicted octanol–water partition coefficient (Wildman–Crippen LogP) is 1.23. The van der Waals surface area contributed by atoms with E-state index in [0.717, 1.165) is 37.0 Å². The van der Waals surface area contributed by atoms with Gasteiger partial charge in [0.15, 0.2) is 0 Å². The Morgan fingerprint density at radius 2 is 1.84 bits per heavy atom. The van der Waals surface area contributed by atoms with Crippen molar-refractivity contribution in [3.05, 3.63) is 29.8 Å². The van der Waals surface area contributed by atoms with Crippen LogP contribution in [0.2, 0.25) is 0 Å². The number of hydrogen-bond donors (Lipinski definition) is 2. The highest BCUT2D eigenvalue weighted by molar-refractivity contribution is 6.59. The lowest BCUT2D eigenvalue weighted by atomic mass is 9.77. The van der Waals surface area contributed by atoms with E-state index < -0.39 is 7.12 Å². The maximum atomic E-state index is 9.39. The monoisotopic (exact) mass is 261 g/mol. The Morgan fingerprint density at radius 1 is 1.21 bits per heavy atom. The van der Waals surface area contributed by atoms with Crippen LogP contribution in [-0.2, 0) is 6.54 Å². The van der Waals surface area contributed by atoms with E-state index in [-0.39, 0.29) is 0 Å². The molecule has 19 heavy (non-hydrogen) atoms. The van der Waals surface area contributed by atoms with E-state index in [4.69, 9.17) is 0 Å². The molecule has 2 rings (SSSR count). The molecule has 104 valence electrons. The Labute approximate surface area is 116 Å². The van der Waals surface area contributed by atoms with Crippen molar-refractivity contribution in [2.45, 2.75) is 33.2 Å². The Kier molecular flexibility index (Phi) is 5.02. The second-order valence-electron chi connectivity index (χ2n) is 5.93. The van der Waals surface area contributed by atoms with Crippen LogP contribution in [0.3, 0.4) is 0 Å². The first kappa shape index (κ1) is 14.6. The molecule has 3 nitrogen and oxygen atoms in total. The fourth-order valence-electron chi connectivity index (χ4n) is 2.95. The number of piperidine rings is 1. The third-order valence-electron chi connectivity index (χ3n) is 4.30. The molecule has 0 atom stereocenters. The highest BCUT2D eigenvalue weighted by Crippen LogP contribution is 2.25. The van der Waals surface area contributed by atoms with E-state index >= 15 is 0 Å². The normalized spacial score (nSPS) is 17.9. The zero-order valence-electron chi connectivity index (χ0n) is 11.9. The van der Waals surface area contributed by atoms with Crippen molar-refractivity contribution in [3.8, 4) is 0 Å². The molecule has 1 aliphatic heterocycles. The summed E-state index contributed by atoms with van der Waals surface area (Å²) < 4.78 is 0. The summed E-state index contributed by atoms with van der Waals surface area (Å²) in [5.41, 5.74) is 1.66. The van der Waals surface area contributed by atoms with Crippen LogP contribution in [0.5, 0.6) is 0 Å². The van der Waals surface area contributed by atoms with Crippen LogP contribution < -0.4 is 5.46 Å². The molecular weight excluding hydrogens is 237 g/mol. The van der Waals surface area contributed by atoms with Gasteiger partial charge in [-0.2, -0.15) is 0 Å². The zero-order valence-corrected chi connectivity index (χ0v) is 11.9. The second-order valence-corrected chi connectivity index (χ2v) is 5.93. The molecular formula is C15H24BNO2. The fraction of sp³-hybridized carbons (Fsp3) is 0.600. The van der Waals surface area contributed by atoms with Crippen LogP contribution in [0.25, 0.3) is 0 Å². The van der Waals surface area contributed by atoms with Crippen molar-refractivity contribution in [3.63, 3.8) is 0 Å². The van der Waals surface area contributed by atoms with E-state index in [9.17, 15) is 10.0 Å². The largest absolute Gasteiger partial charge is 0.488 e. The van der Waals surface area contributed by atoms with Gasteiger partial charge in [-0.1, -0.05) is 38.1 Å². The SMILES string of the molecule is CC(C)C1CCN(Cc2ccccc2B(O)O)CC1. The molecule has 0 unspecified atom stereocenters. The van der Waals surface area contributed by atoms with Crippen LogP contribution in [0.1, 0.15) is 32.3 Å². The minimum absolute atomic E-state index is 0.633. The Morgan fingerprint density at radius 3 is 2.42 bits per heavy atom. The van der Waals surface area contributed by atoms with E-state index in [1.165, 1.54) is 12.8 Å². The molecule has 1 heterocycles. The van der Waals surface area contributed by atoms with Crippen molar-refractivity contribution in [1.29, 1.82) is 0 Å². The van der Waals surface area contributed by atoms with Gasteiger partial charge in [0.1, 0.15) is 0 Å². The molecule has 1 aliphatic rings. The maximum Gasteiger partial charge on any atom is 0.488 e. The summed E-state index contributed by atoms with van der Waals surface area (Å²) in [6, 6.07) is 7.59. The van der Waals surface area contributed by atoms with Gasteiger partial charge in [0.25, 0.3) is 0 Å². The smallest absolute Gasteiger partial charge is 0.423 e. The summed E-state index contributed by atoms with van der Waals surface area (Å²) in [6.07, 6.45) is 2.50. The molecule has 4 heteroatoms. The zero-order chi connectivity index (χ0) is 13.8. The van der Waals surface area contributed by atoms with Crippen LogP contribution >= 0.6 is 0 Å². The molecule has 1 fully saturated rings. The molecule has 0 amide bonds. The molecule has 2 N–H and O–H groups in total. The standard InChI is InChI=1S/C15H24BNO2/c1-12(2)13-7-9-17(10-8-13)11-14-5-3-4-6-15(14)16(18)19/h3-6,12-13,18-19H,7-11H2,1-2H3. The third-order valence-corrected chi connectivity index (χ3v) is 4.30. The van der Waals surface area contributed by atoms with Crippen molar-refractivity contribution in [1.82, 2.24) is 4.90 Å². The third kappa shape index (κ3) is 3.82. The van der Waals surface area contributed by atoms with Gasteiger partial charge in [0, 0.05) is 6.54 Å². The number of benzene rings is 1. The molecule has 1 saturated heterocycles. The van der Waals surface area contributed by atoms with Gasteiger partial charge in [-0.3, -0.25) is 4.90 Å². The first-order chi connectivity index (χ1) is 9.08. The summed E-state index contributed by atoms with van der Waals surface area (Å²) in [6.45, 7) is 7.64. The molecule has 1 aromatic rings. The van der Waals surface area contributed by atoms with Gasteiger partial charge in [-0.05, 0) is 48.8 Å². The molecule has 1 aromatic carbocycles. The predicted molar refractivity (Wildman–Crippen MR) is 79.1 cm³/mol. The highest BCUT2D eigenvalue weighted by atomic mass is 16.4. The van der Waals surface area contributed by atoms with Gasteiger partial charge >= 0.3 is 7.12 Å². The number of hydrogen-bond acceptors (Lipinski definition) is 3. The summed E-state index contributed by atoms with van der Waals surface area (Å²) >= 11 is 0. The van der Waals surface area contributed by atoms with Crippen molar-refractivity contribution in [2.24, 2.45) is 11.8 Å². The van der Waals surface area contributed by atoms with E-state index in [0.29, 0.717) is 5.46 Å². The molecule has 0 spiro atoms. The average molecular weight is 261 g/mol. The van der Waals surface area contributed by atoms with Crippen LogP contribution in [0.15, 0.2) is 24.3 Å². The van der Waals surface area contributed by atoms with Crippen LogP contribution in [0, 0.1) is 11.8 Å². The summed E-state index contributed by atoms with van der Waals surface area (Å²) in [5.74, 6) is 1.61. The lowest BCUT2D eigenvalue weighted by molar-refractivity contribution is 0.152. The number of nitrogens with zero attached hydrogens (tertiary/aromatic N) is 1. The Hall–Kier alpha value is -0.835. The average Bonchev–Trinajstić information content (AvgIpc) is 2.39. The van der Waals surface area contributed by atoms with Gasteiger partial charge in [0.2, 0.25) is 0 Å². The molecule has 0 aliphatic carbocycles. The molecule has 0 bridgehead atoms. The Bertz CT molecular complexity index is 401. The van der Waals surface area contributed by atoms with E-state index in [1.807, 2.05) is 18.2 Å². The molecule has 0 saturated carbocycles. The first-order valence-corrected chi connectivity index (χ1v) is 7.24. The summed E-state index contributed by atoms with van der Waals surface area (Å²) in [4.78, 5) is 2.42. The van der Waals surface area contributed by atoms with Crippen LogP contribution in [-0.4, -0.2) is 35.2 Å². The van der Waals surface area contributed by atoms with Gasteiger partial charge in [-0.15, -0.1) is 0 Å². The highest BCUT2D eigenvalue weighted by Gasteiger charge is 2.23. The number of rotatable bonds is 4. The lowest BCUT2D eigenvalue weighted by Crippen LogP contribution is -2.39. The Balaban J connectivity index is 1.96.